The molecule has 14 heteroatoms. The van der Waals surface area contributed by atoms with Crippen molar-refractivity contribution < 1.29 is 22.2 Å². The van der Waals surface area contributed by atoms with Gasteiger partial charge < -0.3 is 11.1 Å². The largest absolute Gasteiger partial charge is 0.369 e. The van der Waals surface area contributed by atoms with Crippen molar-refractivity contribution in [1.29, 1.82) is 5.26 Å². The third-order valence-electron chi connectivity index (χ3n) is 4.50. The molecule has 1 aliphatic rings. The van der Waals surface area contributed by atoms with Crippen LogP contribution in [-0.4, -0.2) is 50.0 Å². The lowest BCUT2D eigenvalue weighted by Gasteiger charge is -2.25. The Morgan fingerprint density at radius 1 is 1.33 bits per heavy atom. The zero-order valence-electron chi connectivity index (χ0n) is 17.1. The molecule has 1 aliphatic heterocycles. The molecule has 1 atom stereocenters. The third kappa shape index (κ3) is 5.95. The first-order valence-electron chi connectivity index (χ1n) is 9.64. The molecule has 0 saturated heterocycles. The number of hydrogen-bond donors (Lipinski definition) is 2. The normalized spacial score (nSPS) is 18.9. The molecule has 0 spiro atoms. The van der Waals surface area contributed by atoms with Crippen molar-refractivity contribution in [3.8, 4) is 6.07 Å². The van der Waals surface area contributed by atoms with Gasteiger partial charge in [-0.1, -0.05) is 0 Å². The smallest absolute Gasteiger partial charge is 0.334 e. The van der Waals surface area contributed by atoms with Gasteiger partial charge >= 0.3 is 6.55 Å². The summed E-state index contributed by atoms with van der Waals surface area (Å²) in [6.45, 7) is -2.90. The van der Waals surface area contributed by atoms with Crippen molar-refractivity contribution in [2.75, 3.05) is 18.4 Å². The molecule has 2 aromatic heterocycles. The molecule has 1 unspecified atom stereocenters. The van der Waals surface area contributed by atoms with Gasteiger partial charge in [0.25, 0.3) is 5.91 Å². The van der Waals surface area contributed by atoms with Crippen LogP contribution in [0.4, 0.5) is 19.0 Å². The van der Waals surface area contributed by atoms with Gasteiger partial charge in [-0.15, -0.1) is 0 Å². The molecule has 0 fully saturated rings. The van der Waals surface area contributed by atoms with Crippen LogP contribution in [-0.2, 0) is 15.7 Å². The van der Waals surface area contributed by atoms with E-state index in [1.165, 1.54) is 24.4 Å². The summed E-state index contributed by atoms with van der Waals surface area (Å²) in [4.78, 5) is 23.2. The molecule has 0 saturated carbocycles. The first kappa shape index (κ1) is 23.9. The topological polar surface area (TPSA) is 150 Å². The molecule has 1 amide bonds. The Bertz CT molecular complexity index is 1220. The molecule has 0 bridgehead atoms. The van der Waals surface area contributed by atoms with Crippen LogP contribution in [0.2, 0.25) is 0 Å². The zero-order chi connectivity index (χ0) is 24.0. The summed E-state index contributed by atoms with van der Waals surface area (Å²) in [6, 6.07) is 6.83. The van der Waals surface area contributed by atoms with Crippen LogP contribution < -0.4 is 11.1 Å². The van der Waals surface area contributed by atoms with Crippen LogP contribution in [0.5, 0.6) is 0 Å². The highest BCUT2D eigenvalue weighted by Gasteiger charge is 2.27. The molecule has 0 aliphatic carbocycles. The van der Waals surface area contributed by atoms with E-state index in [9.17, 15) is 22.2 Å². The van der Waals surface area contributed by atoms with Crippen LogP contribution in [0.3, 0.4) is 0 Å². The molecule has 3 heterocycles. The number of nitrogens with two attached hydrogens (primary N) is 1. The van der Waals surface area contributed by atoms with E-state index in [2.05, 4.69) is 24.6 Å². The average molecular weight is 480 g/mol. The van der Waals surface area contributed by atoms with Gasteiger partial charge in [0.15, 0.2) is 0 Å². The predicted molar refractivity (Wildman–Crippen MR) is 114 cm³/mol. The summed E-state index contributed by atoms with van der Waals surface area (Å²) in [5.41, 5.74) is 5.59. The number of halogens is 3. The molecule has 10 nitrogen and oxygen atoms in total. The van der Waals surface area contributed by atoms with Gasteiger partial charge in [0, 0.05) is 12.7 Å². The number of carbonyl (C=O) groups excluding carboxylic acids is 1. The standard InChI is InChI=1S/C19H19F3N8O2S/c20-13-4-6-16(28-17(31)14-5-3-12(9-23)10-25-14)27-15(13)11-33(32)26-7-1-2-8-30(33)19(24)29-18(21)22/h3-6,10,18H,1-2,7-8,11H2,(H2,24,29)(H,27,28,31). The number of nitriles is 1. The SMILES string of the molecule is N#Cc1ccc(C(=O)Nc2ccc(F)c(CS3(=O)=NCCCCN3C(N)=NC(F)F)n2)nc1. The van der Waals surface area contributed by atoms with E-state index in [4.69, 9.17) is 11.0 Å². The number of aromatic nitrogens is 2. The quantitative estimate of drug-likeness (QED) is 0.381. The zero-order valence-corrected chi connectivity index (χ0v) is 17.9. The lowest BCUT2D eigenvalue weighted by Crippen LogP contribution is -2.43. The highest BCUT2D eigenvalue weighted by Crippen LogP contribution is 2.21. The maximum atomic E-state index is 14.5. The number of aliphatic imine (C=N–C) groups is 1. The van der Waals surface area contributed by atoms with Gasteiger partial charge in [-0.2, -0.15) is 19.0 Å². The Hall–Kier alpha value is -3.73. The fourth-order valence-corrected chi connectivity index (χ4v) is 5.06. The van der Waals surface area contributed by atoms with Crippen molar-refractivity contribution in [2.24, 2.45) is 15.1 Å². The number of hydrogen-bond acceptors (Lipinski definition) is 7. The summed E-state index contributed by atoms with van der Waals surface area (Å²) in [5, 5.41) is 11.2. The molecule has 0 aromatic carbocycles. The number of anilines is 1. The lowest BCUT2D eigenvalue weighted by atomic mass is 10.2. The molecule has 3 rings (SSSR count). The minimum atomic E-state index is -3.48. The molecular weight excluding hydrogens is 461 g/mol. The van der Waals surface area contributed by atoms with E-state index < -0.39 is 39.9 Å². The van der Waals surface area contributed by atoms with Crippen molar-refractivity contribution >= 4 is 27.6 Å². The highest BCUT2D eigenvalue weighted by atomic mass is 32.2. The van der Waals surface area contributed by atoms with Gasteiger partial charge in [-0.05, 0) is 37.1 Å². The minimum absolute atomic E-state index is 0.00600. The predicted octanol–water partition coefficient (Wildman–Crippen LogP) is 2.26. The second kappa shape index (κ2) is 10.3. The maximum absolute atomic E-state index is 14.5. The monoisotopic (exact) mass is 480 g/mol. The van der Waals surface area contributed by atoms with E-state index in [1.54, 1.807) is 0 Å². The van der Waals surface area contributed by atoms with Crippen molar-refractivity contribution in [3.05, 3.63) is 53.2 Å². The number of amides is 1. The summed E-state index contributed by atoms with van der Waals surface area (Å²) in [6.07, 6.45) is 2.24. The Labute approximate surface area is 187 Å². The molecular formula is C19H19F3N8O2S. The maximum Gasteiger partial charge on any atom is 0.334 e. The Balaban J connectivity index is 1.87. The van der Waals surface area contributed by atoms with E-state index in [0.29, 0.717) is 12.8 Å². The van der Waals surface area contributed by atoms with Gasteiger partial charge in [-0.3, -0.25) is 9.10 Å². The van der Waals surface area contributed by atoms with E-state index in [-0.39, 0.29) is 35.9 Å². The van der Waals surface area contributed by atoms with Gasteiger partial charge in [0.05, 0.1) is 23.6 Å². The van der Waals surface area contributed by atoms with Crippen LogP contribution in [0.15, 0.2) is 39.8 Å². The number of pyridine rings is 2. The number of guanidine groups is 1. The van der Waals surface area contributed by atoms with Gasteiger partial charge in [-0.25, -0.2) is 22.9 Å². The molecule has 2 aromatic rings. The first-order chi connectivity index (χ1) is 15.7. The Kier molecular flexibility index (Phi) is 7.44. The van der Waals surface area contributed by atoms with Crippen LogP contribution in [0.1, 0.15) is 34.6 Å². The number of nitrogens with one attached hydrogen (secondary N) is 1. The number of alkyl halides is 2. The fourth-order valence-electron chi connectivity index (χ4n) is 2.94. The first-order valence-corrected chi connectivity index (χ1v) is 11.3. The van der Waals surface area contributed by atoms with Crippen molar-refractivity contribution in [3.63, 3.8) is 0 Å². The van der Waals surface area contributed by atoms with Crippen LogP contribution >= 0.6 is 0 Å². The molecule has 0 radical (unpaired) electrons. The average Bonchev–Trinajstić information content (AvgIpc) is 2.97. The van der Waals surface area contributed by atoms with Crippen LogP contribution in [0, 0.1) is 17.1 Å². The number of nitrogens with zero attached hydrogens (tertiary/aromatic N) is 6. The summed E-state index contributed by atoms with van der Waals surface area (Å²) >= 11 is 0. The Morgan fingerprint density at radius 3 is 2.79 bits per heavy atom. The van der Waals surface area contributed by atoms with E-state index in [0.717, 1.165) is 10.4 Å². The van der Waals surface area contributed by atoms with E-state index >= 15 is 0 Å². The van der Waals surface area contributed by atoms with Crippen molar-refractivity contribution in [1.82, 2.24) is 14.3 Å². The van der Waals surface area contributed by atoms with Gasteiger partial charge in [0.2, 0.25) is 5.96 Å². The highest BCUT2D eigenvalue weighted by molar-refractivity contribution is 7.91. The Morgan fingerprint density at radius 2 is 2.12 bits per heavy atom. The lowest BCUT2D eigenvalue weighted by molar-refractivity contribution is 0.102. The summed E-state index contributed by atoms with van der Waals surface area (Å²) in [7, 11) is -3.48. The van der Waals surface area contributed by atoms with Gasteiger partial charge in [0.1, 0.15) is 33.3 Å². The van der Waals surface area contributed by atoms with Crippen molar-refractivity contribution in [2.45, 2.75) is 25.1 Å². The van der Waals surface area contributed by atoms with Crippen LogP contribution in [0.25, 0.3) is 0 Å². The molecule has 174 valence electrons. The number of carbonyl (C=O) groups is 1. The second-order valence-corrected chi connectivity index (χ2v) is 9.00. The fraction of sp³-hybridized carbons (Fsp3) is 0.316. The molecule has 33 heavy (non-hydrogen) atoms. The summed E-state index contributed by atoms with van der Waals surface area (Å²) in [5.74, 6) is -2.76. The summed E-state index contributed by atoms with van der Waals surface area (Å²) < 4.78 is 58.4. The van der Waals surface area contributed by atoms with E-state index in [1.807, 2.05) is 6.07 Å². The molecule has 3 N–H and O–H groups in total. The number of rotatable bonds is 5. The minimum Gasteiger partial charge on any atom is -0.369 e. The second-order valence-electron chi connectivity index (χ2n) is 6.80. The third-order valence-corrected chi connectivity index (χ3v) is 6.80.